The highest BCUT2D eigenvalue weighted by Crippen LogP contribution is 2.55. The fourth-order valence-electron chi connectivity index (χ4n) is 1.56. The Morgan fingerprint density at radius 2 is 1.87 bits per heavy atom. The molecule has 0 amide bonds. The molecule has 2 fully saturated rings. The van der Waals surface area contributed by atoms with Gasteiger partial charge in [0.05, 0.1) is 6.61 Å². The van der Waals surface area contributed by atoms with Crippen LogP contribution in [0.2, 0.25) is 0 Å². The lowest BCUT2D eigenvalue weighted by atomic mass is 10.00. The highest BCUT2D eigenvalue weighted by Gasteiger charge is 2.55. The molecule has 9 heteroatoms. The Kier molecular flexibility index (Phi) is 2.87. The van der Waals surface area contributed by atoms with Gasteiger partial charge in [-0.3, -0.25) is 9.05 Å². The maximum absolute atomic E-state index is 11.0. The van der Waals surface area contributed by atoms with Gasteiger partial charge in [0.25, 0.3) is 0 Å². The third-order valence-electron chi connectivity index (χ3n) is 2.32. The molecule has 4 N–H and O–H groups in total. The van der Waals surface area contributed by atoms with E-state index in [4.69, 9.17) is 14.7 Å². The summed E-state index contributed by atoms with van der Waals surface area (Å²) in [5, 5.41) is 27.7. The topological polar surface area (TPSA) is 126 Å². The van der Waals surface area contributed by atoms with Gasteiger partial charge >= 0.3 is 7.82 Å². The van der Waals surface area contributed by atoms with Gasteiger partial charge in [0.15, 0.2) is 6.29 Å². The molecule has 0 spiro atoms. The number of aliphatic hydroxyl groups excluding tert-OH is 3. The lowest BCUT2D eigenvalue weighted by Crippen LogP contribution is -2.57. The average Bonchev–Trinajstić information content (AvgIpc) is 2.47. The second-order valence-corrected chi connectivity index (χ2v) is 4.71. The number of rotatable bonds is 1. The Morgan fingerprint density at radius 3 is 2.47 bits per heavy atom. The molecule has 2 heterocycles. The molecule has 6 atom stereocenters. The quantitative estimate of drug-likeness (QED) is 0.387. The van der Waals surface area contributed by atoms with Crippen LogP contribution in [0.25, 0.3) is 0 Å². The molecule has 2 saturated heterocycles. The van der Waals surface area contributed by atoms with Crippen LogP contribution in [-0.4, -0.2) is 57.5 Å². The van der Waals surface area contributed by atoms with Gasteiger partial charge in [-0.15, -0.1) is 0 Å². The second kappa shape index (κ2) is 3.76. The Balaban J connectivity index is 2.17. The minimum absolute atomic E-state index is 0.541. The number of phosphoric ester groups is 1. The van der Waals surface area contributed by atoms with Gasteiger partial charge in [-0.05, 0) is 0 Å². The van der Waals surface area contributed by atoms with Crippen LogP contribution in [0, 0.1) is 0 Å². The van der Waals surface area contributed by atoms with Gasteiger partial charge in [0.1, 0.15) is 24.4 Å². The lowest BCUT2D eigenvalue weighted by molar-refractivity contribution is -0.249. The van der Waals surface area contributed by atoms with E-state index in [1.54, 1.807) is 0 Å². The number of phosphoric acid groups is 1. The zero-order valence-corrected chi connectivity index (χ0v) is 8.36. The molecule has 0 aromatic rings. The minimum atomic E-state index is -4.23. The number of hydrogen-bond acceptors (Lipinski definition) is 7. The van der Waals surface area contributed by atoms with Crippen molar-refractivity contribution in [3.8, 4) is 0 Å². The van der Waals surface area contributed by atoms with Crippen molar-refractivity contribution in [3.05, 3.63) is 0 Å². The standard InChI is InChI=1S/C6H11O8P/c7-1-2-3(8)4(9)5-6(12-2)14-15(10,11)13-5/h2-9H,1H2,(H,10,11)/t2-,3-,4+,5-,6-/m1/s1. The van der Waals surface area contributed by atoms with Crippen molar-refractivity contribution in [2.24, 2.45) is 0 Å². The molecule has 2 aliphatic heterocycles. The maximum Gasteiger partial charge on any atom is 0.475 e. The van der Waals surface area contributed by atoms with Crippen molar-refractivity contribution in [3.63, 3.8) is 0 Å². The van der Waals surface area contributed by atoms with Crippen LogP contribution in [0.3, 0.4) is 0 Å². The Bertz CT molecular complexity index is 295. The molecule has 0 bridgehead atoms. The Morgan fingerprint density at radius 1 is 1.20 bits per heavy atom. The smallest absolute Gasteiger partial charge is 0.394 e. The van der Waals surface area contributed by atoms with Crippen LogP contribution >= 0.6 is 7.82 Å². The van der Waals surface area contributed by atoms with Gasteiger partial charge in [-0.1, -0.05) is 0 Å². The number of ether oxygens (including phenoxy) is 1. The van der Waals surface area contributed by atoms with E-state index in [2.05, 4.69) is 9.05 Å². The van der Waals surface area contributed by atoms with E-state index in [-0.39, 0.29) is 0 Å². The van der Waals surface area contributed by atoms with Crippen molar-refractivity contribution >= 4 is 7.82 Å². The minimum Gasteiger partial charge on any atom is -0.394 e. The summed E-state index contributed by atoms with van der Waals surface area (Å²) in [6.07, 6.45) is -6.38. The van der Waals surface area contributed by atoms with Crippen LogP contribution in [0.15, 0.2) is 0 Å². The van der Waals surface area contributed by atoms with Crippen molar-refractivity contribution in [1.29, 1.82) is 0 Å². The first-order valence-corrected chi connectivity index (χ1v) is 5.76. The van der Waals surface area contributed by atoms with Gasteiger partial charge in [0, 0.05) is 0 Å². The summed E-state index contributed by atoms with van der Waals surface area (Å²) in [4.78, 5) is 8.96. The fraction of sp³-hybridized carbons (Fsp3) is 1.00. The highest BCUT2D eigenvalue weighted by atomic mass is 31.2. The molecule has 1 unspecified atom stereocenters. The third kappa shape index (κ3) is 1.95. The van der Waals surface area contributed by atoms with Gasteiger partial charge in [0.2, 0.25) is 0 Å². The third-order valence-corrected chi connectivity index (χ3v) is 3.30. The Hall–Kier alpha value is -0.0500. The normalized spacial score (nSPS) is 55.3. The van der Waals surface area contributed by atoms with Crippen LogP contribution in [0.1, 0.15) is 0 Å². The van der Waals surface area contributed by atoms with Crippen molar-refractivity contribution in [2.45, 2.75) is 30.7 Å². The maximum atomic E-state index is 11.0. The summed E-state index contributed by atoms with van der Waals surface area (Å²) in [7, 11) is -4.23. The lowest BCUT2D eigenvalue weighted by Gasteiger charge is -2.36. The predicted octanol–water partition coefficient (Wildman–Crippen LogP) is -2.06. The fourth-order valence-corrected chi connectivity index (χ4v) is 2.58. The molecule has 2 aliphatic rings. The van der Waals surface area contributed by atoms with E-state index < -0.39 is 45.1 Å². The first-order chi connectivity index (χ1) is 6.94. The summed E-state index contributed by atoms with van der Waals surface area (Å²) < 4.78 is 24.9. The van der Waals surface area contributed by atoms with Gasteiger partial charge < -0.3 is 24.9 Å². The molecule has 0 aromatic carbocycles. The molecule has 8 nitrogen and oxygen atoms in total. The van der Waals surface area contributed by atoms with E-state index in [0.717, 1.165) is 0 Å². The summed E-state index contributed by atoms with van der Waals surface area (Å²) in [6.45, 7) is -0.541. The summed E-state index contributed by atoms with van der Waals surface area (Å²) >= 11 is 0. The first kappa shape index (κ1) is 11.4. The van der Waals surface area contributed by atoms with Crippen molar-refractivity contribution in [2.75, 3.05) is 6.61 Å². The monoisotopic (exact) mass is 242 g/mol. The molecular formula is C6H11O8P. The Labute approximate surface area is 84.6 Å². The van der Waals surface area contributed by atoms with Gasteiger partial charge in [-0.25, -0.2) is 4.57 Å². The SMILES string of the molecule is O=P1(O)O[C@H]2O[C@H](CO)[C@@H](O)[C@H](O)[C@H]2O1. The first-order valence-electron chi connectivity index (χ1n) is 4.26. The van der Waals surface area contributed by atoms with Crippen molar-refractivity contribution in [1.82, 2.24) is 0 Å². The summed E-state index contributed by atoms with van der Waals surface area (Å²) in [6, 6.07) is 0. The zero-order valence-electron chi connectivity index (χ0n) is 7.46. The van der Waals surface area contributed by atoms with E-state index >= 15 is 0 Å². The molecule has 88 valence electrons. The van der Waals surface area contributed by atoms with Crippen molar-refractivity contribution < 1.29 is 38.6 Å². The van der Waals surface area contributed by atoms with E-state index in [1.165, 1.54) is 0 Å². The molecule has 0 radical (unpaired) electrons. The van der Waals surface area contributed by atoms with E-state index in [0.29, 0.717) is 0 Å². The van der Waals surface area contributed by atoms with E-state index in [9.17, 15) is 14.8 Å². The second-order valence-electron chi connectivity index (χ2n) is 3.35. The summed E-state index contributed by atoms with van der Waals surface area (Å²) in [5.74, 6) is 0. The van der Waals surface area contributed by atoms with Gasteiger partial charge in [-0.2, -0.15) is 0 Å². The molecule has 2 rings (SSSR count). The summed E-state index contributed by atoms with van der Waals surface area (Å²) in [5.41, 5.74) is 0. The predicted molar refractivity (Wildman–Crippen MR) is 43.5 cm³/mol. The average molecular weight is 242 g/mol. The number of aliphatic hydroxyl groups is 3. The highest BCUT2D eigenvalue weighted by molar-refractivity contribution is 7.47. The van der Waals surface area contributed by atoms with Crippen LogP contribution in [0.5, 0.6) is 0 Å². The largest absolute Gasteiger partial charge is 0.475 e. The molecule has 15 heavy (non-hydrogen) atoms. The molecule has 0 aromatic heterocycles. The van der Waals surface area contributed by atoms with E-state index in [1.807, 2.05) is 0 Å². The van der Waals surface area contributed by atoms with Crippen LogP contribution in [0.4, 0.5) is 0 Å². The van der Waals surface area contributed by atoms with Crippen LogP contribution < -0.4 is 0 Å². The number of hydrogen-bond donors (Lipinski definition) is 4. The van der Waals surface area contributed by atoms with Crippen LogP contribution in [-0.2, 0) is 18.3 Å². The molecular weight excluding hydrogens is 231 g/mol. The molecule has 0 saturated carbocycles. The zero-order chi connectivity index (χ0) is 11.2. The number of fused-ring (bicyclic) bond motifs is 1. The molecule has 0 aliphatic carbocycles.